The van der Waals surface area contributed by atoms with Crippen LogP contribution in [0.2, 0.25) is 0 Å². The molecule has 0 bridgehead atoms. The molecule has 10 heterocycles. The van der Waals surface area contributed by atoms with Gasteiger partial charge in [-0.3, -0.25) is 9.80 Å². The minimum Gasteiger partial charge on any atom is -0.485 e. The number of nitrogens with zero attached hydrogens (tertiary/aromatic N) is 2. The summed E-state index contributed by atoms with van der Waals surface area (Å²) in [6.07, 6.45) is 0. The van der Waals surface area contributed by atoms with E-state index >= 15 is 0 Å². The molecule has 0 atom stereocenters. The highest BCUT2D eigenvalue weighted by Gasteiger charge is 2.39. The van der Waals surface area contributed by atoms with Crippen molar-refractivity contribution in [1.29, 1.82) is 0 Å². The number of ether oxygens (including phenoxy) is 8. The fourth-order valence-corrected chi connectivity index (χ4v) is 14.6. The Hall–Kier alpha value is -5.10. The summed E-state index contributed by atoms with van der Waals surface area (Å²) in [6.45, 7) is 3.85. The van der Waals surface area contributed by atoms with Crippen molar-refractivity contribution in [2.45, 2.75) is 0 Å². The molecular weight excluding hydrogens is 853 g/mol. The largest absolute Gasteiger partial charge is 0.485 e. The summed E-state index contributed by atoms with van der Waals surface area (Å²) in [5.74, 6) is 5.90. The van der Waals surface area contributed by atoms with E-state index < -0.39 is 0 Å². The third-order valence-electron chi connectivity index (χ3n) is 10.5. The molecule has 0 aliphatic carbocycles. The summed E-state index contributed by atoms with van der Waals surface area (Å²) in [5.41, 5.74) is 2.09. The molecule has 0 N–H and O–H groups in total. The Bertz CT molecular complexity index is 2780. The second kappa shape index (κ2) is 13.2. The first kappa shape index (κ1) is 33.8. The zero-order valence-electron chi connectivity index (χ0n) is 30.2. The molecule has 4 aliphatic rings. The Morgan fingerprint density at radius 1 is 0.379 bits per heavy atom. The number of rotatable bonds is 6. The van der Waals surface area contributed by atoms with E-state index in [-0.39, 0.29) is 0 Å². The Morgan fingerprint density at radius 2 is 0.690 bits per heavy atom. The molecule has 3 aromatic carbocycles. The quantitative estimate of drug-likeness (QED) is 0.151. The molecule has 4 aliphatic heterocycles. The lowest BCUT2D eigenvalue weighted by Gasteiger charge is -2.31. The predicted molar refractivity (Wildman–Crippen MR) is 237 cm³/mol. The van der Waals surface area contributed by atoms with Gasteiger partial charge in [0.1, 0.15) is 72.9 Å². The number of benzene rings is 3. The Labute approximate surface area is 354 Å². The Morgan fingerprint density at radius 3 is 1.03 bits per heavy atom. The van der Waals surface area contributed by atoms with E-state index in [1.54, 1.807) is 68.0 Å². The van der Waals surface area contributed by atoms with Crippen LogP contribution in [0.5, 0.6) is 46.0 Å². The van der Waals surface area contributed by atoms with E-state index in [1.807, 2.05) is 0 Å². The van der Waals surface area contributed by atoms with Gasteiger partial charge in [-0.2, -0.15) is 0 Å². The summed E-state index contributed by atoms with van der Waals surface area (Å²) >= 11 is 10.0. The number of anilines is 6. The van der Waals surface area contributed by atoms with Crippen LogP contribution in [0.25, 0.3) is 40.3 Å². The first-order valence-electron chi connectivity index (χ1n) is 18.7. The van der Waals surface area contributed by atoms with Crippen LogP contribution < -0.4 is 47.7 Å². The number of fused-ring (bicyclic) bond motifs is 10. The molecule has 6 aromatic heterocycles. The van der Waals surface area contributed by atoms with Crippen molar-refractivity contribution in [3.05, 3.63) is 70.1 Å². The minimum atomic E-state index is 0.462. The average molecular weight is 881 g/mol. The molecule has 290 valence electrons. The Balaban J connectivity index is 1.22. The highest BCUT2D eigenvalue weighted by Crippen LogP contribution is 2.65. The number of hydrogen-bond acceptors (Lipinski definition) is 16. The topological polar surface area (TPSA) is 80.3 Å². The molecular formula is C42H28N2O8S6. The predicted octanol–water partition coefficient (Wildman–Crippen LogP) is 12.7. The highest BCUT2D eigenvalue weighted by molar-refractivity contribution is 7.29. The minimum absolute atomic E-state index is 0.462. The lowest BCUT2D eigenvalue weighted by Crippen LogP contribution is -2.19. The van der Waals surface area contributed by atoms with Crippen molar-refractivity contribution in [2.24, 2.45) is 0 Å². The monoisotopic (exact) mass is 880 g/mol. The van der Waals surface area contributed by atoms with Gasteiger partial charge in [0.25, 0.3) is 0 Å². The van der Waals surface area contributed by atoms with Gasteiger partial charge in [-0.05, 0) is 12.1 Å². The lowest BCUT2D eigenvalue weighted by atomic mass is 10.0. The van der Waals surface area contributed by atoms with Gasteiger partial charge < -0.3 is 37.9 Å². The second-order valence-electron chi connectivity index (χ2n) is 13.7. The fraction of sp³-hybridized carbons (Fsp3) is 0.190. The molecule has 0 fully saturated rings. The summed E-state index contributed by atoms with van der Waals surface area (Å²) in [7, 11) is 0. The molecule has 0 unspecified atom stereocenters. The van der Waals surface area contributed by atoms with Gasteiger partial charge in [-0.25, -0.2) is 0 Å². The van der Waals surface area contributed by atoms with Crippen LogP contribution in [-0.2, 0) is 0 Å². The van der Waals surface area contributed by atoms with E-state index in [2.05, 4.69) is 79.9 Å². The first-order valence-corrected chi connectivity index (χ1v) is 23.8. The van der Waals surface area contributed by atoms with E-state index in [9.17, 15) is 0 Å². The molecule has 0 amide bonds. The van der Waals surface area contributed by atoms with Crippen LogP contribution in [0.1, 0.15) is 0 Å². The van der Waals surface area contributed by atoms with Gasteiger partial charge in [0.2, 0.25) is 0 Å². The van der Waals surface area contributed by atoms with Gasteiger partial charge in [0.05, 0.1) is 20.8 Å². The Kier molecular flexibility index (Phi) is 7.70. The maximum absolute atomic E-state index is 6.48. The average Bonchev–Trinajstić information content (AvgIpc) is 4.14. The smallest absolute Gasteiger partial charge is 0.196 e. The van der Waals surface area contributed by atoms with E-state index in [0.29, 0.717) is 52.9 Å². The van der Waals surface area contributed by atoms with Crippen molar-refractivity contribution in [2.75, 3.05) is 62.7 Å². The molecule has 0 radical (unpaired) electrons. The third-order valence-corrected chi connectivity index (χ3v) is 16.5. The molecule has 16 heteroatoms. The maximum atomic E-state index is 6.48. The van der Waals surface area contributed by atoms with Gasteiger partial charge in [0.15, 0.2) is 46.0 Å². The molecule has 13 rings (SSSR count). The van der Waals surface area contributed by atoms with Gasteiger partial charge in [-0.15, -0.1) is 68.0 Å². The van der Waals surface area contributed by atoms with Crippen LogP contribution >= 0.6 is 68.0 Å². The van der Waals surface area contributed by atoms with Gasteiger partial charge in [0, 0.05) is 52.5 Å². The van der Waals surface area contributed by atoms with Crippen LogP contribution in [0.15, 0.2) is 70.1 Å². The van der Waals surface area contributed by atoms with Gasteiger partial charge in [-0.1, -0.05) is 36.4 Å². The molecule has 9 aromatic rings. The van der Waals surface area contributed by atoms with Crippen LogP contribution in [0.3, 0.4) is 0 Å². The van der Waals surface area contributed by atoms with Gasteiger partial charge >= 0.3 is 0 Å². The number of thiophene rings is 6. The molecule has 58 heavy (non-hydrogen) atoms. The third kappa shape index (κ3) is 4.90. The maximum Gasteiger partial charge on any atom is 0.196 e. The summed E-state index contributed by atoms with van der Waals surface area (Å²) < 4.78 is 55.2. The standard InChI is InChI=1S/C42H28N2O8S6/c1-3-7-27-21(5-1)29-31(43(39-33-23(17-53-39)45-9-13-49-33)40-34-24(18-54-40)46-10-14-50-34)38-30(22-6-2-4-8-28(22)58-38)32(37(29)57-27)44(41-35-25(19-55-41)47-11-15-51-35)42-36-26(20-56-42)48-12-16-52-36/h1-8,17-20H,9-16H2. The zero-order valence-corrected chi connectivity index (χ0v) is 35.1. The van der Waals surface area contributed by atoms with Crippen molar-refractivity contribution in [3.8, 4) is 46.0 Å². The van der Waals surface area contributed by atoms with Crippen molar-refractivity contribution < 1.29 is 37.9 Å². The lowest BCUT2D eigenvalue weighted by molar-refractivity contribution is 0.173. The summed E-state index contributed by atoms with van der Waals surface area (Å²) in [6, 6.07) is 17.4. The summed E-state index contributed by atoms with van der Waals surface area (Å²) in [4.78, 5) is 4.72. The van der Waals surface area contributed by atoms with Crippen molar-refractivity contribution in [3.63, 3.8) is 0 Å². The normalized spacial score (nSPS) is 15.4. The fourth-order valence-electron chi connectivity index (χ4n) is 8.15. The zero-order chi connectivity index (χ0) is 37.9. The van der Waals surface area contributed by atoms with E-state index in [0.717, 1.165) is 108 Å². The van der Waals surface area contributed by atoms with Crippen LogP contribution in [0.4, 0.5) is 31.4 Å². The second-order valence-corrected chi connectivity index (χ2v) is 19.2. The van der Waals surface area contributed by atoms with E-state index in [1.165, 1.54) is 9.40 Å². The molecule has 10 nitrogen and oxygen atoms in total. The summed E-state index contributed by atoms with van der Waals surface area (Å²) in [5, 5.41) is 16.4. The van der Waals surface area contributed by atoms with Crippen LogP contribution in [0, 0.1) is 0 Å². The van der Waals surface area contributed by atoms with Crippen LogP contribution in [-0.4, -0.2) is 52.9 Å². The molecule has 0 saturated heterocycles. The first-order chi connectivity index (χ1) is 28.8. The number of hydrogen-bond donors (Lipinski definition) is 0. The van der Waals surface area contributed by atoms with Crippen molar-refractivity contribution in [1.82, 2.24) is 0 Å². The SMILES string of the molecule is c1ccc2c(c1)sc1c(N(c3scc4c3OCCO4)c3scc4c3OCCO4)c3c(sc4ccccc43)c(N(c3scc4c3OCCO4)c3scc4c3OCCO4)c12. The van der Waals surface area contributed by atoms with E-state index in [4.69, 9.17) is 37.9 Å². The molecule has 0 spiro atoms. The van der Waals surface area contributed by atoms with Crippen molar-refractivity contribution >= 4 is 140 Å². The highest BCUT2D eigenvalue weighted by atomic mass is 32.1. The molecule has 0 saturated carbocycles.